The molecule has 88 valence electrons. The lowest BCUT2D eigenvalue weighted by atomic mass is 10.1. The minimum Gasteiger partial charge on any atom is -0.498 e. The highest BCUT2D eigenvalue weighted by molar-refractivity contribution is 5.80. The van der Waals surface area contributed by atoms with E-state index in [1.807, 2.05) is 36.4 Å². The molecule has 0 radical (unpaired) electrons. The van der Waals surface area contributed by atoms with Gasteiger partial charge in [-0.2, -0.15) is 0 Å². The molecule has 0 unspecified atom stereocenters. The maximum Gasteiger partial charge on any atom is 0.396 e. The molecular formula is C15H11O3+. The average Bonchev–Trinajstić information content (AvgIpc) is 2.44. The molecule has 0 saturated heterocycles. The Morgan fingerprint density at radius 1 is 0.889 bits per heavy atom. The van der Waals surface area contributed by atoms with E-state index in [1.165, 1.54) is 0 Å². The van der Waals surface area contributed by atoms with Crippen molar-refractivity contribution in [2.24, 2.45) is 0 Å². The molecular weight excluding hydrogens is 228 g/mol. The summed E-state index contributed by atoms with van der Waals surface area (Å²) in [4.78, 5) is 9.99. The molecule has 0 aliphatic carbocycles. The molecule has 0 aliphatic rings. The minimum absolute atomic E-state index is 0.157. The third kappa shape index (κ3) is 1.57. The zero-order chi connectivity index (χ0) is 12.5. The lowest BCUT2D eigenvalue weighted by Gasteiger charge is -2.03. The summed E-state index contributed by atoms with van der Waals surface area (Å²) in [6.07, 6.45) is 0. The fourth-order valence-electron chi connectivity index (χ4n) is 1.93. The zero-order valence-electron chi connectivity index (χ0n) is 9.50. The van der Waals surface area contributed by atoms with E-state index in [2.05, 4.69) is 0 Å². The van der Waals surface area contributed by atoms with E-state index < -0.39 is 0 Å². The minimum atomic E-state index is -0.236. The van der Waals surface area contributed by atoms with Gasteiger partial charge in [0.2, 0.25) is 0 Å². The van der Waals surface area contributed by atoms with E-state index in [9.17, 15) is 9.90 Å². The van der Waals surface area contributed by atoms with Crippen molar-refractivity contribution in [3.63, 3.8) is 0 Å². The molecule has 3 aromatic rings. The van der Waals surface area contributed by atoms with Crippen molar-refractivity contribution in [1.29, 1.82) is 0 Å². The molecule has 3 heteroatoms. The molecule has 0 bridgehead atoms. The molecule has 0 amide bonds. The first-order valence-corrected chi connectivity index (χ1v) is 5.59. The van der Waals surface area contributed by atoms with Gasteiger partial charge in [-0.25, -0.2) is 0 Å². The first kappa shape index (κ1) is 10.6. The van der Waals surface area contributed by atoms with Crippen LogP contribution in [0, 0.1) is 0 Å². The van der Waals surface area contributed by atoms with Crippen molar-refractivity contribution in [2.75, 3.05) is 0 Å². The fraction of sp³-hybridized carbons (Fsp3) is 0. The fourth-order valence-corrected chi connectivity index (χ4v) is 1.93. The molecule has 18 heavy (non-hydrogen) atoms. The van der Waals surface area contributed by atoms with Crippen LogP contribution in [0.25, 0.3) is 22.3 Å². The Balaban J connectivity index is 2.38. The molecule has 3 rings (SSSR count). The van der Waals surface area contributed by atoms with Crippen LogP contribution < -0.4 is 5.43 Å². The molecule has 0 aliphatic heterocycles. The van der Waals surface area contributed by atoms with Gasteiger partial charge in [-0.1, -0.05) is 42.5 Å². The van der Waals surface area contributed by atoms with Crippen LogP contribution in [-0.4, -0.2) is 9.90 Å². The van der Waals surface area contributed by atoms with Crippen molar-refractivity contribution >= 4 is 11.0 Å². The highest BCUT2D eigenvalue weighted by atomic mass is 16.4. The second-order valence-electron chi connectivity index (χ2n) is 3.99. The largest absolute Gasteiger partial charge is 0.498 e. The predicted molar refractivity (Wildman–Crippen MR) is 68.4 cm³/mol. The number of hydrogen-bond donors (Lipinski definition) is 1. The second kappa shape index (κ2) is 4.04. The quantitative estimate of drug-likeness (QED) is 0.664. The van der Waals surface area contributed by atoms with Gasteiger partial charge in [-0.05, 0) is 12.1 Å². The summed E-state index contributed by atoms with van der Waals surface area (Å²) in [6.45, 7) is 0. The molecule has 1 heterocycles. The van der Waals surface area contributed by atoms with Crippen LogP contribution in [0.15, 0.2) is 59.0 Å². The maximum absolute atomic E-state index is 10.0. The van der Waals surface area contributed by atoms with Gasteiger partial charge in [-0.3, -0.25) is 4.79 Å². The van der Waals surface area contributed by atoms with E-state index >= 15 is 0 Å². The highest BCUT2D eigenvalue weighted by Gasteiger charge is 2.18. The van der Waals surface area contributed by atoms with Gasteiger partial charge in [0.15, 0.2) is 5.76 Å². The van der Waals surface area contributed by atoms with Gasteiger partial charge in [0, 0.05) is 5.56 Å². The Morgan fingerprint density at radius 2 is 1.56 bits per heavy atom. The van der Waals surface area contributed by atoms with Gasteiger partial charge < -0.3 is 9.52 Å². The zero-order valence-corrected chi connectivity index (χ0v) is 9.50. The third-order valence-corrected chi connectivity index (χ3v) is 2.83. The first-order chi connectivity index (χ1) is 8.77. The average molecular weight is 239 g/mol. The van der Waals surface area contributed by atoms with Crippen molar-refractivity contribution < 1.29 is 14.3 Å². The summed E-state index contributed by atoms with van der Waals surface area (Å²) in [5, 5.41) is 10.5. The molecule has 2 N–H and O–H groups in total. The predicted octanol–water partition coefficient (Wildman–Crippen LogP) is 2.81. The number of para-hydroxylation sites is 1. The molecule has 0 fully saturated rings. The number of benzene rings is 2. The monoisotopic (exact) mass is 239 g/mol. The number of rotatable bonds is 1. The Hall–Kier alpha value is -2.55. The summed E-state index contributed by atoms with van der Waals surface area (Å²) < 4.78 is 5.65. The van der Waals surface area contributed by atoms with Crippen molar-refractivity contribution in [1.82, 2.24) is 0 Å². The van der Waals surface area contributed by atoms with Crippen LogP contribution in [0.5, 0.6) is 5.75 Å². The van der Waals surface area contributed by atoms with Crippen molar-refractivity contribution in [3.05, 3.63) is 60.0 Å². The van der Waals surface area contributed by atoms with Gasteiger partial charge in [0.05, 0.1) is 0 Å². The Bertz CT molecular complexity index is 758. The van der Waals surface area contributed by atoms with E-state index in [0.29, 0.717) is 11.0 Å². The SMILES string of the molecule is Oc1c(-c2ccccc2)oc2ccccc2c1=[OH+]. The van der Waals surface area contributed by atoms with E-state index in [-0.39, 0.29) is 16.9 Å². The summed E-state index contributed by atoms with van der Waals surface area (Å²) in [5.41, 5.74) is 1.10. The van der Waals surface area contributed by atoms with Crippen molar-refractivity contribution in [3.8, 4) is 17.1 Å². The van der Waals surface area contributed by atoms with Gasteiger partial charge in [-0.15, -0.1) is 0 Å². The lowest BCUT2D eigenvalue weighted by molar-refractivity contribution is 0.420. The number of aromatic hydroxyl groups is 1. The van der Waals surface area contributed by atoms with Crippen LogP contribution >= 0.6 is 0 Å². The molecule has 2 aromatic carbocycles. The number of hydrogen-bond acceptors (Lipinski definition) is 2. The number of fused-ring (bicyclic) bond motifs is 1. The Labute approximate surface area is 103 Å². The maximum atomic E-state index is 10.0. The summed E-state index contributed by atoms with van der Waals surface area (Å²) in [7, 11) is 0. The summed E-state index contributed by atoms with van der Waals surface area (Å²) >= 11 is 0. The first-order valence-electron chi connectivity index (χ1n) is 5.59. The van der Waals surface area contributed by atoms with Crippen LogP contribution in [0.3, 0.4) is 0 Å². The van der Waals surface area contributed by atoms with Crippen LogP contribution in [0.4, 0.5) is 0 Å². The standard InChI is InChI=1S/C15H10O3/c16-13-11-8-4-5-9-12(11)18-15(14(13)17)10-6-2-1-3-7-10/h1-9,17H/p+1. The molecule has 0 atom stereocenters. The van der Waals surface area contributed by atoms with Gasteiger partial charge in [0.1, 0.15) is 11.0 Å². The molecule has 0 saturated carbocycles. The third-order valence-electron chi connectivity index (χ3n) is 2.83. The summed E-state index contributed by atoms with van der Waals surface area (Å²) in [5.74, 6) is 0.0340. The molecule has 0 spiro atoms. The van der Waals surface area contributed by atoms with E-state index in [1.54, 1.807) is 18.2 Å². The topological polar surface area (TPSA) is 54.8 Å². The lowest BCUT2D eigenvalue weighted by Crippen LogP contribution is -2.04. The summed E-state index contributed by atoms with van der Waals surface area (Å²) in [6, 6.07) is 16.2. The van der Waals surface area contributed by atoms with Gasteiger partial charge in [0.25, 0.3) is 5.75 Å². The van der Waals surface area contributed by atoms with E-state index in [0.717, 1.165) is 5.56 Å². The molecule has 3 nitrogen and oxygen atoms in total. The highest BCUT2D eigenvalue weighted by Crippen LogP contribution is 2.29. The van der Waals surface area contributed by atoms with Crippen LogP contribution in [-0.2, 0) is 0 Å². The van der Waals surface area contributed by atoms with Crippen LogP contribution in [0.2, 0.25) is 0 Å². The Kier molecular flexibility index (Phi) is 2.38. The van der Waals surface area contributed by atoms with Gasteiger partial charge >= 0.3 is 5.43 Å². The molecule has 1 aromatic heterocycles. The van der Waals surface area contributed by atoms with Crippen molar-refractivity contribution in [2.45, 2.75) is 0 Å². The second-order valence-corrected chi connectivity index (χ2v) is 3.99. The normalized spacial score (nSPS) is 10.7. The smallest absolute Gasteiger partial charge is 0.396 e. The van der Waals surface area contributed by atoms with Crippen LogP contribution in [0.1, 0.15) is 0 Å². The van der Waals surface area contributed by atoms with E-state index in [4.69, 9.17) is 4.42 Å². The Morgan fingerprint density at radius 3 is 2.33 bits per heavy atom.